The number of carbonyl (C=O) groups excluding carboxylic acids is 1. The fraction of sp³-hybridized carbons (Fsp3) is 0.579. The van der Waals surface area contributed by atoms with Crippen LogP contribution in [0.4, 0.5) is 0 Å². The number of phenols is 1. The van der Waals surface area contributed by atoms with E-state index in [4.69, 9.17) is 0 Å². The van der Waals surface area contributed by atoms with E-state index in [1.165, 1.54) is 37.8 Å². The Balaban J connectivity index is 1.48. The van der Waals surface area contributed by atoms with Gasteiger partial charge in [-0.3, -0.25) is 9.79 Å². The van der Waals surface area contributed by atoms with E-state index in [1.54, 1.807) is 12.1 Å². The van der Waals surface area contributed by atoms with E-state index in [0.717, 1.165) is 25.6 Å². The normalized spacial score (nSPS) is 18.9. The summed E-state index contributed by atoms with van der Waals surface area (Å²) in [5.74, 6) is 0.978. The first kappa shape index (κ1) is 17.6. The summed E-state index contributed by atoms with van der Waals surface area (Å²) in [6.07, 6.45) is 5.34. The van der Waals surface area contributed by atoms with Crippen LogP contribution in [0.1, 0.15) is 43.0 Å². The summed E-state index contributed by atoms with van der Waals surface area (Å²) in [4.78, 5) is 19.1. The summed E-state index contributed by atoms with van der Waals surface area (Å²) < 4.78 is 0. The molecule has 1 saturated carbocycles. The van der Waals surface area contributed by atoms with Crippen molar-refractivity contribution in [3.63, 3.8) is 0 Å². The molecule has 6 nitrogen and oxygen atoms in total. The second kappa shape index (κ2) is 7.76. The highest BCUT2D eigenvalue weighted by Gasteiger charge is 2.43. The molecule has 0 radical (unpaired) electrons. The quantitative estimate of drug-likeness (QED) is 0.434. The van der Waals surface area contributed by atoms with Crippen LogP contribution in [0.3, 0.4) is 0 Å². The van der Waals surface area contributed by atoms with Gasteiger partial charge in [-0.05, 0) is 55.9 Å². The summed E-state index contributed by atoms with van der Waals surface area (Å²) in [6.45, 7) is 6.16. The van der Waals surface area contributed by atoms with E-state index in [9.17, 15) is 9.90 Å². The standard InChI is InChI=1S/C19H28N4O2/c1-2-20-18(23-13-10-19(14-23)8-3-9-19)22-12-11-21-17(25)15-4-6-16(24)7-5-15/h4-7,24H,2-3,8-14H2,1H3,(H,20,22)(H,21,25). The second-order valence-electron chi connectivity index (χ2n) is 7.06. The largest absolute Gasteiger partial charge is 0.508 e. The number of hydrogen-bond donors (Lipinski definition) is 3. The maximum atomic E-state index is 12.0. The van der Waals surface area contributed by atoms with Gasteiger partial charge in [0.15, 0.2) is 5.96 Å². The highest BCUT2D eigenvalue weighted by molar-refractivity contribution is 5.94. The minimum Gasteiger partial charge on any atom is -0.508 e. The highest BCUT2D eigenvalue weighted by Crippen LogP contribution is 2.47. The Hall–Kier alpha value is -2.24. The number of phenolic OH excluding ortho intramolecular Hbond substituents is 1. The number of aliphatic imine (C=N–C) groups is 1. The zero-order valence-electron chi connectivity index (χ0n) is 14.9. The van der Waals surface area contributed by atoms with Gasteiger partial charge in [0.1, 0.15) is 5.75 Å². The van der Waals surface area contributed by atoms with Crippen molar-refractivity contribution in [3.05, 3.63) is 29.8 Å². The van der Waals surface area contributed by atoms with Crippen LogP contribution in [0.15, 0.2) is 29.3 Å². The summed E-state index contributed by atoms with van der Waals surface area (Å²) >= 11 is 0. The third-order valence-corrected chi connectivity index (χ3v) is 5.28. The summed E-state index contributed by atoms with van der Waals surface area (Å²) in [6, 6.07) is 6.25. The molecule has 3 N–H and O–H groups in total. The van der Waals surface area contributed by atoms with E-state index in [1.807, 2.05) is 0 Å². The van der Waals surface area contributed by atoms with Crippen LogP contribution >= 0.6 is 0 Å². The number of benzene rings is 1. The van der Waals surface area contributed by atoms with Crippen molar-refractivity contribution in [2.24, 2.45) is 10.4 Å². The molecule has 0 unspecified atom stereocenters. The van der Waals surface area contributed by atoms with E-state index in [2.05, 4.69) is 27.4 Å². The molecule has 0 aromatic heterocycles. The molecule has 0 bridgehead atoms. The lowest BCUT2D eigenvalue weighted by Gasteiger charge is -2.38. The van der Waals surface area contributed by atoms with Crippen molar-refractivity contribution >= 4 is 11.9 Å². The molecule has 1 aromatic carbocycles. The molecule has 1 amide bonds. The van der Waals surface area contributed by atoms with Crippen LogP contribution in [0, 0.1) is 5.41 Å². The van der Waals surface area contributed by atoms with Gasteiger partial charge in [0, 0.05) is 31.7 Å². The lowest BCUT2D eigenvalue weighted by Crippen LogP contribution is -2.43. The number of nitrogens with zero attached hydrogens (tertiary/aromatic N) is 2. The molecule has 1 aromatic rings. The summed E-state index contributed by atoms with van der Waals surface area (Å²) in [7, 11) is 0. The topological polar surface area (TPSA) is 77.0 Å². The first-order valence-corrected chi connectivity index (χ1v) is 9.22. The van der Waals surface area contributed by atoms with Crippen LogP contribution < -0.4 is 10.6 Å². The van der Waals surface area contributed by atoms with Crippen LogP contribution in [-0.2, 0) is 0 Å². The Morgan fingerprint density at radius 1 is 1.24 bits per heavy atom. The van der Waals surface area contributed by atoms with Gasteiger partial charge in [-0.2, -0.15) is 0 Å². The van der Waals surface area contributed by atoms with Gasteiger partial charge in [0.2, 0.25) is 0 Å². The number of likely N-dealkylation sites (tertiary alicyclic amines) is 1. The minimum atomic E-state index is -0.144. The number of rotatable bonds is 5. The molecule has 6 heteroatoms. The van der Waals surface area contributed by atoms with Crippen molar-refractivity contribution < 1.29 is 9.90 Å². The fourth-order valence-electron chi connectivity index (χ4n) is 3.67. The number of hydrogen-bond acceptors (Lipinski definition) is 3. The monoisotopic (exact) mass is 344 g/mol. The van der Waals surface area contributed by atoms with Crippen molar-refractivity contribution in [2.75, 3.05) is 32.7 Å². The van der Waals surface area contributed by atoms with Crippen LogP contribution in [0.5, 0.6) is 5.75 Å². The van der Waals surface area contributed by atoms with E-state index in [-0.39, 0.29) is 11.7 Å². The average Bonchev–Trinajstić information content (AvgIpc) is 3.04. The van der Waals surface area contributed by atoms with Gasteiger partial charge in [-0.25, -0.2) is 0 Å². The number of amides is 1. The molecule has 0 atom stereocenters. The lowest BCUT2D eigenvalue weighted by molar-refractivity contribution is 0.0955. The Morgan fingerprint density at radius 2 is 2.00 bits per heavy atom. The molecular weight excluding hydrogens is 316 g/mol. The first-order chi connectivity index (χ1) is 12.1. The van der Waals surface area contributed by atoms with Gasteiger partial charge >= 0.3 is 0 Å². The van der Waals surface area contributed by atoms with Gasteiger partial charge < -0.3 is 20.6 Å². The molecule has 136 valence electrons. The lowest BCUT2D eigenvalue weighted by atomic mass is 9.68. The van der Waals surface area contributed by atoms with Crippen LogP contribution in [0.25, 0.3) is 0 Å². The number of aromatic hydroxyl groups is 1. The van der Waals surface area contributed by atoms with Gasteiger partial charge in [-0.15, -0.1) is 0 Å². The number of guanidine groups is 1. The highest BCUT2D eigenvalue weighted by atomic mass is 16.3. The molecule has 1 heterocycles. The molecule has 3 rings (SSSR count). The van der Waals surface area contributed by atoms with E-state index < -0.39 is 0 Å². The third kappa shape index (κ3) is 4.24. The fourth-order valence-corrected chi connectivity index (χ4v) is 3.67. The Labute approximate surface area is 149 Å². The third-order valence-electron chi connectivity index (χ3n) is 5.28. The van der Waals surface area contributed by atoms with E-state index in [0.29, 0.717) is 24.1 Å². The molecule has 1 aliphatic heterocycles. The van der Waals surface area contributed by atoms with Gasteiger partial charge in [-0.1, -0.05) is 6.42 Å². The summed E-state index contributed by atoms with van der Waals surface area (Å²) in [5.41, 5.74) is 1.09. The molecule has 2 aliphatic rings. The Morgan fingerprint density at radius 3 is 2.60 bits per heavy atom. The average molecular weight is 344 g/mol. The Bertz CT molecular complexity index is 623. The maximum Gasteiger partial charge on any atom is 0.251 e. The number of carbonyl (C=O) groups is 1. The number of nitrogens with one attached hydrogen (secondary N) is 2. The van der Waals surface area contributed by atoms with Crippen LogP contribution in [0.2, 0.25) is 0 Å². The zero-order chi connectivity index (χ0) is 17.7. The molecule has 25 heavy (non-hydrogen) atoms. The smallest absolute Gasteiger partial charge is 0.251 e. The molecule has 1 spiro atoms. The van der Waals surface area contributed by atoms with Gasteiger partial charge in [0.05, 0.1) is 6.54 Å². The SMILES string of the molecule is CCNC(=NCCNC(=O)c1ccc(O)cc1)N1CCC2(CCC2)C1. The van der Waals surface area contributed by atoms with Crippen molar-refractivity contribution in [1.82, 2.24) is 15.5 Å². The minimum absolute atomic E-state index is 0.144. The molecular formula is C19H28N4O2. The molecule has 2 fully saturated rings. The molecule has 1 aliphatic carbocycles. The summed E-state index contributed by atoms with van der Waals surface area (Å²) in [5, 5.41) is 15.5. The van der Waals surface area contributed by atoms with Crippen molar-refractivity contribution in [3.8, 4) is 5.75 Å². The maximum absolute atomic E-state index is 12.0. The van der Waals surface area contributed by atoms with Crippen molar-refractivity contribution in [1.29, 1.82) is 0 Å². The van der Waals surface area contributed by atoms with Crippen LogP contribution in [-0.4, -0.2) is 54.6 Å². The predicted octanol–water partition coefficient (Wildman–Crippen LogP) is 1.96. The second-order valence-corrected chi connectivity index (χ2v) is 7.06. The first-order valence-electron chi connectivity index (χ1n) is 9.22. The van der Waals surface area contributed by atoms with Crippen molar-refractivity contribution in [2.45, 2.75) is 32.6 Å². The molecule has 1 saturated heterocycles. The zero-order valence-corrected chi connectivity index (χ0v) is 14.9. The van der Waals surface area contributed by atoms with Gasteiger partial charge in [0.25, 0.3) is 5.91 Å². The van der Waals surface area contributed by atoms with E-state index >= 15 is 0 Å². The Kier molecular flexibility index (Phi) is 5.46. The predicted molar refractivity (Wildman–Crippen MR) is 98.9 cm³/mol.